The van der Waals surface area contributed by atoms with Crippen LogP contribution < -0.4 is 5.32 Å². The highest BCUT2D eigenvalue weighted by Gasteiger charge is 2.21. The van der Waals surface area contributed by atoms with Crippen LogP contribution >= 0.6 is 11.3 Å². The molecule has 0 aliphatic heterocycles. The maximum atomic E-state index is 12.4. The highest BCUT2D eigenvalue weighted by molar-refractivity contribution is 7.13. The molecule has 0 bridgehead atoms. The maximum Gasteiger partial charge on any atom is 0.347 e. The second-order valence-corrected chi connectivity index (χ2v) is 6.12. The molecule has 2 heterocycles. The molecular weight excluding hydrogens is 316 g/mol. The normalized spacial score (nSPS) is 12.3. The van der Waals surface area contributed by atoms with E-state index in [1.165, 1.54) is 0 Å². The molecule has 3 rings (SSSR count). The first-order valence-corrected chi connectivity index (χ1v) is 7.73. The zero-order valence-electron chi connectivity index (χ0n) is 12.5. The summed E-state index contributed by atoms with van der Waals surface area (Å²) in [6.45, 7) is 3.40. The van der Waals surface area contributed by atoms with Crippen LogP contribution in [0.3, 0.4) is 0 Å². The number of hydrogen-bond donors (Lipinski definition) is 3. The molecule has 0 radical (unpaired) electrons. The lowest BCUT2D eigenvalue weighted by molar-refractivity contribution is 0.0701. The summed E-state index contributed by atoms with van der Waals surface area (Å²) >= 11 is 1.06. The van der Waals surface area contributed by atoms with Gasteiger partial charge in [0.15, 0.2) is 5.69 Å². The van der Waals surface area contributed by atoms with Gasteiger partial charge < -0.3 is 10.4 Å². The number of carbonyl (C=O) groups is 2. The van der Waals surface area contributed by atoms with Gasteiger partial charge in [0.05, 0.1) is 17.3 Å². The zero-order chi connectivity index (χ0) is 16.6. The summed E-state index contributed by atoms with van der Waals surface area (Å²) in [4.78, 5) is 27.9. The predicted molar refractivity (Wildman–Crippen MR) is 85.8 cm³/mol. The topological polar surface area (TPSA) is 108 Å². The summed E-state index contributed by atoms with van der Waals surface area (Å²) < 4.78 is 0. The molecule has 0 spiro atoms. The van der Waals surface area contributed by atoms with Crippen molar-refractivity contribution in [3.05, 3.63) is 45.5 Å². The molecule has 23 heavy (non-hydrogen) atoms. The first-order chi connectivity index (χ1) is 11.0. The second kappa shape index (κ2) is 5.81. The van der Waals surface area contributed by atoms with Gasteiger partial charge in [-0.05, 0) is 19.9 Å². The molecule has 1 atom stereocenters. The molecule has 0 saturated carbocycles. The number of amides is 1. The number of aryl methyl sites for hydroxylation is 1. The average molecular weight is 330 g/mol. The molecule has 0 fully saturated rings. The summed E-state index contributed by atoms with van der Waals surface area (Å²) in [5.41, 5.74) is 1.53. The van der Waals surface area contributed by atoms with Crippen LogP contribution in [-0.4, -0.2) is 32.2 Å². The third kappa shape index (κ3) is 2.80. The van der Waals surface area contributed by atoms with E-state index in [9.17, 15) is 9.59 Å². The Morgan fingerprint density at radius 1 is 1.35 bits per heavy atom. The Hall–Kier alpha value is -2.74. The minimum absolute atomic E-state index is 0.186. The Labute approximate surface area is 135 Å². The number of aromatic amines is 1. The van der Waals surface area contributed by atoms with Crippen LogP contribution in [0, 0.1) is 6.92 Å². The van der Waals surface area contributed by atoms with Crippen molar-refractivity contribution in [2.45, 2.75) is 19.9 Å². The Morgan fingerprint density at radius 2 is 2.09 bits per heavy atom. The van der Waals surface area contributed by atoms with Crippen LogP contribution in [0.15, 0.2) is 24.3 Å². The van der Waals surface area contributed by atoms with Gasteiger partial charge >= 0.3 is 5.97 Å². The molecule has 118 valence electrons. The van der Waals surface area contributed by atoms with E-state index < -0.39 is 12.0 Å². The van der Waals surface area contributed by atoms with Gasteiger partial charge in [-0.25, -0.2) is 9.78 Å². The number of H-pyrrole nitrogens is 1. The Kier molecular flexibility index (Phi) is 3.83. The van der Waals surface area contributed by atoms with E-state index in [1.54, 1.807) is 13.8 Å². The van der Waals surface area contributed by atoms with Gasteiger partial charge in [-0.3, -0.25) is 9.89 Å². The highest BCUT2D eigenvalue weighted by atomic mass is 32.1. The number of fused-ring (bicyclic) bond motifs is 1. The molecule has 7 nitrogen and oxygen atoms in total. The largest absolute Gasteiger partial charge is 0.477 e. The van der Waals surface area contributed by atoms with Gasteiger partial charge in [0.1, 0.15) is 9.88 Å². The number of nitrogens with one attached hydrogen (secondary N) is 2. The molecule has 0 aliphatic rings. The van der Waals surface area contributed by atoms with Crippen molar-refractivity contribution in [1.82, 2.24) is 20.5 Å². The minimum atomic E-state index is -1.01. The lowest BCUT2D eigenvalue weighted by Crippen LogP contribution is -2.27. The van der Waals surface area contributed by atoms with Crippen LogP contribution in [0.2, 0.25) is 0 Å². The Bertz CT molecular complexity index is 899. The van der Waals surface area contributed by atoms with Crippen molar-refractivity contribution < 1.29 is 14.7 Å². The van der Waals surface area contributed by atoms with Gasteiger partial charge in [0.25, 0.3) is 5.91 Å². The fourth-order valence-electron chi connectivity index (χ4n) is 2.26. The van der Waals surface area contributed by atoms with Crippen LogP contribution in [0.5, 0.6) is 0 Å². The van der Waals surface area contributed by atoms with Crippen molar-refractivity contribution in [3.8, 4) is 0 Å². The molecule has 1 unspecified atom stereocenters. The van der Waals surface area contributed by atoms with Crippen molar-refractivity contribution in [1.29, 1.82) is 0 Å². The number of carboxylic acids is 1. The molecule has 3 N–H and O–H groups in total. The van der Waals surface area contributed by atoms with Gasteiger partial charge in [0, 0.05) is 5.39 Å². The fourth-order valence-corrected chi connectivity index (χ4v) is 3.17. The summed E-state index contributed by atoms with van der Waals surface area (Å²) in [7, 11) is 0. The predicted octanol–water partition coefficient (Wildman–Crippen LogP) is 2.52. The molecule has 1 amide bonds. The van der Waals surface area contributed by atoms with Crippen molar-refractivity contribution in [2.75, 3.05) is 0 Å². The van der Waals surface area contributed by atoms with Crippen LogP contribution in [0.25, 0.3) is 10.9 Å². The summed E-state index contributed by atoms with van der Waals surface area (Å²) in [6.07, 6.45) is 0. The monoisotopic (exact) mass is 330 g/mol. The van der Waals surface area contributed by atoms with E-state index in [0.717, 1.165) is 22.2 Å². The third-order valence-electron chi connectivity index (χ3n) is 3.41. The van der Waals surface area contributed by atoms with Crippen LogP contribution in [-0.2, 0) is 0 Å². The van der Waals surface area contributed by atoms with Gasteiger partial charge in [-0.15, -0.1) is 11.3 Å². The first kappa shape index (κ1) is 15.2. The van der Waals surface area contributed by atoms with Gasteiger partial charge in [0.2, 0.25) is 0 Å². The number of carbonyl (C=O) groups excluding carboxylic acids is 1. The lowest BCUT2D eigenvalue weighted by atomic mass is 10.2. The van der Waals surface area contributed by atoms with Crippen molar-refractivity contribution in [2.24, 2.45) is 0 Å². The van der Waals surface area contributed by atoms with E-state index in [-0.39, 0.29) is 10.8 Å². The summed E-state index contributed by atoms with van der Waals surface area (Å²) in [5.74, 6) is -1.34. The maximum absolute atomic E-state index is 12.4. The summed E-state index contributed by atoms with van der Waals surface area (Å²) in [6, 6.07) is 6.94. The number of hydrogen-bond acceptors (Lipinski definition) is 5. The number of benzene rings is 1. The Morgan fingerprint density at radius 3 is 2.78 bits per heavy atom. The number of carboxylic acid groups (broad SMARTS) is 1. The number of aromatic carboxylic acids is 1. The average Bonchev–Trinajstić information content (AvgIpc) is 3.10. The van der Waals surface area contributed by atoms with Crippen LogP contribution in [0.1, 0.15) is 43.8 Å². The van der Waals surface area contributed by atoms with E-state index in [0.29, 0.717) is 16.4 Å². The summed E-state index contributed by atoms with van der Waals surface area (Å²) in [5, 5.41) is 20.0. The number of aromatic nitrogens is 3. The van der Waals surface area contributed by atoms with Crippen LogP contribution in [0.4, 0.5) is 0 Å². The number of nitrogens with zero attached hydrogens (tertiary/aromatic N) is 2. The zero-order valence-corrected chi connectivity index (χ0v) is 13.3. The smallest absolute Gasteiger partial charge is 0.347 e. The lowest BCUT2D eigenvalue weighted by Gasteiger charge is -2.09. The molecule has 1 aromatic carbocycles. The standard InChI is InChI=1S/C15H14N4O3S/c1-7-12(15(21)22)23-14(17-7)8(2)16-13(20)11-9-5-3-4-6-10(9)18-19-11/h3-6,8H,1-2H3,(H,16,20)(H,18,19)(H,21,22). The van der Waals surface area contributed by atoms with E-state index in [1.807, 2.05) is 24.3 Å². The van der Waals surface area contributed by atoms with Crippen molar-refractivity contribution in [3.63, 3.8) is 0 Å². The second-order valence-electron chi connectivity index (χ2n) is 5.08. The molecule has 0 aliphatic carbocycles. The minimum Gasteiger partial charge on any atom is -0.477 e. The Balaban J connectivity index is 1.82. The highest BCUT2D eigenvalue weighted by Crippen LogP contribution is 2.24. The van der Waals surface area contributed by atoms with E-state index in [2.05, 4.69) is 20.5 Å². The van der Waals surface area contributed by atoms with E-state index in [4.69, 9.17) is 5.11 Å². The van der Waals surface area contributed by atoms with Gasteiger partial charge in [-0.1, -0.05) is 18.2 Å². The van der Waals surface area contributed by atoms with Crippen molar-refractivity contribution >= 4 is 34.1 Å². The molecule has 0 saturated heterocycles. The number of para-hydroxylation sites is 1. The molecule has 3 aromatic rings. The fraction of sp³-hybridized carbons (Fsp3) is 0.200. The molecular formula is C15H14N4O3S. The van der Waals surface area contributed by atoms with Gasteiger partial charge in [-0.2, -0.15) is 5.10 Å². The van der Waals surface area contributed by atoms with E-state index >= 15 is 0 Å². The molecule has 8 heteroatoms. The molecule has 2 aromatic heterocycles. The third-order valence-corrected chi connectivity index (χ3v) is 4.74. The quantitative estimate of drug-likeness (QED) is 0.681. The number of rotatable bonds is 4. The SMILES string of the molecule is Cc1nc(C(C)NC(=O)c2n[nH]c3ccccc23)sc1C(=O)O. The first-order valence-electron chi connectivity index (χ1n) is 6.92. The number of thiazole rings is 1.